The molecular weight excluding hydrogens is 1330 g/mol. The minimum atomic E-state index is -5.02. The lowest BCUT2D eigenvalue weighted by Gasteiger charge is -2.21. The summed E-state index contributed by atoms with van der Waals surface area (Å²) in [7, 11) is -10.0. The highest BCUT2D eigenvalue weighted by Crippen LogP contribution is 2.45. The Morgan fingerprint density at radius 3 is 0.931 bits per heavy atom. The summed E-state index contributed by atoms with van der Waals surface area (Å²) in [6.45, 7) is 4.38. The van der Waals surface area contributed by atoms with Crippen LogP contribution in [-0.2, 0) is 65.4 Å². The monoisotopic (exact) mass is 1470 g/mol. The second kappa shape index (κ2) is 74.0. The zero-order valence-corrected chi connectivity index (χ0v) is 65.0. The van der Waals surface area contributed by atoms with Gasteiger partial charge in [-0.15, -0.1) is 0 Å². The molecule has 0 bridgehead atoms. The van der Waals surface area contributed by atoms with Crippen LogP contribution in [0.2, 0.25) is 0 Å². The molecule has 5 atom stereocenters. The van der Waals surface area contributed by atoms with Crippen molar-refractivity contribution in [1.82, 2.24) is 0 Å². The molecule has 0 aliphatic carbocycles. The van der Waals surface area contributed by atoms with Gasteiger partial charge in [-0.3, -0.25) is 37.3 Å². The molecule has 0 spiro atoms. The van der Waals surface area contributed by atoms with Gasteiger partial charge in [0.1, 0.15) is 19.3 Å². The molecule has 5 unspecified atom stereocenters. The molecule has 0 aromatic heterocycles. The maximum absolute atomic E-state index is 13.1. The van der Waals surface area contributed by atoms with Gasteiger partial charge in [-0.2, -0.15) is 0 Å². The van der Waals surface area contributed by atoms with Crippen molar-refractivity contribution in [2.45, 2.75) is 303 Å². The standard InChI is InChI=1S/C83H136O17P2/c1-5-9-13-17-21-25-29-33-36-37-38-39-42-45-48-52-56-60-64-68-81(86)94-74-79(100-83(88)70-66-62-58-54-50-46-41-35-31-27-23-19-15-11-7-3)76-98-102(91,92)96-72-77(84)71-95-101(89,90)97-75-78(99-82(87)69-65-61-57-53-49-43-32-28-24-20-16-12-8-4)73-93-80(85)67-63-59-55-51-47-44-40-34-30-26-22-18-14-10-6-2/h9,11,13,15-16,20-21,23,25,27-28,32-36,38-41,45,48,50,54,62,66,77-79,84H,5-8,10,12,14,17-19,22,24,26,29-31,37,42-44,46-47,49,51-53,55-61,63-65,67-76H2,1-4H3,(H,89,90)(H,91,92)/b13-9-,15-11-,20-16-,25-21-,27-23-,32-28-,36-33-,39-38-,40-34-,41-35-,48-45-,54-50-,66-62-. The fourth-order valence-corrected chi connectivity index (χ4v) is 11.2. The smallest absolute Gasteiger partial charge is 0.462 e. The fourth-order valence-electron chi connectivity index (χ4n) is 9.65. The number of esters is 4. The number of hydrogen-bond donors (Lipinski definition) is 3. The topological polar surface area (TPSA) is 237 Å². The third-order valence-corrected chi connectivity index (χ3v) is 17.4. The van der Waals surface area contributed by atoms with Gasteiger partial charge in [-0.05, 0) is 148 Å². The molecule has 0 rings (SSSR count). The van der Waals surface area contributed by atoms with Crippen LogP contribution in [0, 0.1) is 0 Å². The van der Waals surface area contributed by atoms with E-state index in [-0.39, 0.29) is 25.7 Å². The van der Waals surface area contributed by atoms with Gasteiger partial charge in [0.05, 0.1) is 32.8 Å². The maximum Gasteiger partial charge on any atom is 0.472 e. The number of hydrogen-bond acceptors (Lipinski definition) is 15. The Morgan fingerprint density at radius 2 is 0.569 bits per heavy atom. The molecule has 0 amide bonds. The van der Waals surface area contributed by atoms with Gasteiger partial charge in [0.2, 0.25) is 0 Å². The minimum absolute atomic E-state index is 0.0701. The summed E-state index contributed by atoms with van der Waals surface area (Å²) in [5.41, 5.74) is 0. The first-order valence-corrected chi connectivity index (χ1v) is 41.7. The van der Waals surface area contributed by atoms with Crippen LogP contribution in [0.25, 0.3) is 0 Å². The average Bonchev–Trinajstić information content (AvgIpc) is 0.924. The van der Waals surface area contributed by atoms with Crippen LogP contribution in [0.5, 0.6) is 0 Å². The Labute approximate surface area is 617 Å². The Bertz CT molecular complexity index is 2550. The van der Waals surface area contributed by atoms with E-state index >= 15 is 0 Å². The molecule has 0 aromatic carbocycles. The maximum atomic E-state index is 13.1. The van der Waals surface area contributed by atoms with Crippen molar-refractivity contribution in [3.05, 3.63) is 158 Å². The summed E-state index contributed by atoms with van der Waals surface area (Å²) >= 11 is 0. The van der Waals surface area contributed by atoms with E-state index in [1.54, 1.807) is 12.2 Å². The van der Waals surface area contributed by atoms with Crippen LogP contribution in [-0.4, -0.2) is 96.7 Å². The van der Waals surface area contributed by atoms with Crippen LogP contribution in [0.1, 0.15) is 285 Å². The summed E-state index contributed by atoms with van der Waals surface area (Å²) in [6, 6.07) is 0. The molecule has 0 fully saturated rings. The van der Waals surface area contributed by atoms with Gasteiger partial charge in [0, 0.05) is 19.3 Å². The van der Waals surface area contributed by atoms with Crippen molar-refractivity contribution in [2.75, 3.05) is 39.6 Å². The predicted molar refractivity (Wildman–Crippen MR) is 417 cm³/mol. The third-order valence-electron chi connectivity index (χ3n) is 15.5. The Kier molecular flexibility index (Phi) is 70.1. The number of unbranched alkanes of at least 4 members (excludes halogenated alkanes) is 20. The van der Waals surface area contributed by atoms with E-state index in [0.29, 0.717) is 25.7 Å². The van der Waals surface area contributed by atoms with Crippen LogP contribution < -0.4 is 0 Å². The molecule has 0 saturated carbocycles. The molecular formula is C83H136O17P2. The number of allylic oxidation sites excluding steroid dienone is 25. The van der Waals surface area contributed by atoms with Gasteiger partial charge in [-0.25, -0.2) is 9.13 Å². The quantitative estimate of drug-likeness (QED) is 0.0169. The average molecular weight is 1470 g/mol. The first-order chi connectivity index (χ1) is 49.7. The zero-order chi connectivity index (χ0) is 74.6. The minimum Gasteiger partial charge on any atom is -0.462 e. The first-order valence-electron chi connectivity index (χ1n) is 38.7. The summed E-state index contributed by atoms with van der Waals surface area (Å²) in [6.07, 6.45) is 85.5. The largest absolute Gasteiger partial charge is 0.472 e. The lowest BCUT2D eigenvalue weighted by atomic mass is 10.1. The number of aliphatic hydroxyl groups is 1. The Hall–Kier alpha value is -5.32. The molecule has 580 valence electrons. The van der Waals surface area contributed by atoms with Crippen molar-refractivity contribution in [3.63, 3.8) is 0 Å². The number of ether oxygens (including phenoxy) is 4. The van der Waals surface area contributed by atoms with Gasteiger partial charge < -0.3 is 33.8 Å². The van der Waals surface area contributed by atoms with Crippen LogP contribution in [0.4, 0.5) is 0 Å². The second-order valence-corrected chi connectivity index (χ2v) is 28.1. The van der Waals surface area contributed by atoms with Gasteiger partial charge >= 0.3 is 39.5 Å². The lowest BCUT2D eigenvalue weighted by molar-refractivity contribution is -0.161. The van der Waals surface area contributed by atoms with Crippen molar-refractivity contribution in [2.24, 2.45) is 0 Å². The molecule has 0 aliphatic rings. The second-order valence-electron chi connectivity index (χ2n) is 25.2. The molecule has 19 heteroatoms. The molecule has 17 nitrogen and oxygen atoms in total. The van der Waals surface area contributed by atoms with E-state index in [2.05, 4.69) is 161 Å². The summed E-state index contributed by atoms with van der Waals surface area (Å²) in [5.74, 6) is -2.40. The number of carbonyl (C=O) groups excluding carboxylic acids is 4. The number of phosphoric ester groups is 2. The number of aliphatic hydroxyl groups excluding tert-OH is 1. The van der Waals surface area contributed by atoms with E-state index in [0.717, 1.165) is 167 Å². The van der Waals surface area contributed by atoms with Gasteiger partial charge in [-0.1, -0.05) is 269 Å². The normalized spacial score (nSPS) is 14.8. The number of rotatable bonds is 71. The molecule has 0 aliphatic heterocycles. The van der Waals surface area contributed by atoms with Crippen molar-refractivity contribution < 1.29 is 80.2 Å². The summed E-state index contributed by atoms with van der Waals surface area (Å²) in [5, 5.41) is 10.6. The third kappa shape index (κ3) is 73.0. The number of carbonyl (C=O) groups is 4. The summed E-state index contributed by atoms with van der Waals surface area (Å²) < 4.78 is 68.3. The van der Waals surface area contributed by atoms with E-state index in [1.165, 1.54) is 38.5 Å². The van der Waals surface area contributed by atoms with Crippen LogP contribution >= 0.6 is 15.6 Å². The highest BCUT2D eigenvalue weighted by atomic mass is 31.2. The highest BCUT2D eigenvalue weighted by Gasteiger charge is 2.30. The van der Waals surface area contributed by atoms with E-state index in [4.69, 9.17) is 37.0 Å². The van der Waals surface area contributed by atoms with Crippen molar-refractivity contribution in [3.8, 4) is 0 Å². The lowest BCUT2D eigenvalue weighted by Crippen LogP contribution is -2.30. The van der Waals surface area contributed by atoms with Gasteiger partial charge in [0.25, 0.3) is 0 Å². The first kappa shape index (κ1) is 96.7. The number of phosphoric acid groups is 2. The molecule has 0 heterocycles. The van der Waals surface area contributed by atoms with E-state index in [9.17, 15) is 43.2 Å². The van der Waals surface area contributed by atoms with Crippen LogP contribution in [0.3, 0.4) is 0 Å². The molecule has 102 heavy (non-hydrogen) atoms. The predicted octanol–water partition coefficient (Wildman–Crippen LogP) is 22.4. The van der Waals surface area contributed by atoms with E-state index in [1.807, 2.05) is 12.2 Å². The van der Waals surface area contributed by atoms with E-state index < -0.39 is 97.5 Å². The zero-order valence-electron chi connectivity index (χ0n) is 63.2. The molecule has 0 saturated heterocycles. The van der Waals surface area contributed by atoms with Gasteiger partial charge in [0.15, 0.2) is 12.2 Å². The van der Waals surface area contributed by atoms with Crippen LogP contribution in [0.15, 0.2) is 158 Å². The molecule has 0 aromatic rings. The summed E-state index contributed by atoms with van der Waals surface area (Å²) in [4.78, 5) is 72.8. The molecule has 0 radical (unpaired) electrons. The molecule has 3 N–H and O–H groups in total. The van der Waals surface area contributed by atoms with Crippen molar-refractivity contribution in [1.29, 1.82) is 0 Å². The van der Waals surface area contributed by atoms with Crippen molar-refractivity contribution >= 4 is 39.5 Å². The highest BCUT2D eigenvalue weighted by molar-refractivity contribution is 7.47. The Morgan fingerprint density at radius 1 is 0.294 bits per heavy atom. The fraction of sp³-hybridized carbons (Fsp3) is 0.639. The SMILES string of the molecule is CC/C=C\C/C=C\C/C=C\C/C=C\C/C=C\CCCCCC(=O)OCC(COP(=O)(O)OCC(O)COP(=O)(O)OCC(COC(=O)CCCCCCC/C=C\CCCCCCCC)OC(=O)CCCCCCC/C=C\C/C=C\CCC)OC(=O)C/C=C\C/C=C\C/C=C\C/C=C\C/C=C\CC. The Balaban J connectivity index is 5.47.